The van der Waals surface area contributed by atoms with Crippen LogP contribution in [-0.2, 0) is 13.0 Å². The number of aromatic carboxylic acids is 1. The number of rotatable bonds is 6. The van der Waals surface area contributed by atoms with Crippen molar-refractivity contribution >= 4 is 17.1 Å². The second-order valence-electron chi connectivity index (χ2n) is 7.73. The molecule has 158 valence electrons. The van der Waals surface area contributed by atoms with E-state index in [-0.39, 0.29) is 5.56 Å². The Morgan fingerprint density at radius 1 is 1.03 bits per heavy atom. The molecule has 32 heavy (non-hydrogen) atoms. The number of carboxylic acids is 1. The summed E-state index contributed by atoms with van der Waals surface area (Å²) in [4.78, 5) is 20.7. The van der Waals surface area contributed by atoms with E-state index in [9.17, 15) is 9.90 Å². The molecule has 6 heteroatoms. The molecule has 0 aliphatic carbocycles. The van der Waals surface area contributed by atoms with E-state index in [1.54, 1.807) is 24.4 Å². The first-order valence-corrected chi connectivity index (χ1v) is 10.4. The Morgan fingerprint density at radius 3 is 2.62 bits per heavy atom. The molecular formula is C26H21N3O3. The van der Waals surface area contributed by atoms with Crippen LogP contribution in [0, 0.1) is 6.92 Å². The van der Waals surface area contributed by atoms with Crippen molar-refractivity contribution in [3.63, 3.8) is 0 Å². The smallest absolute Gasteiger partial charge is 0.335 e. The SMILES string of the molecule is Cc1ccc(-c2ncc(-c3nc4ccccc4o3)n2CCc2cccc(C(=O)O)c2)cc1. The average molecular weight is 423 g/mol. The number of carbonyl (C=O) groups is 1. The molecule has 0 amide bonds. The van der Waals surface area contributed by atoms with E-state index in [2.05, 4.69) is 45.7 Å². The highest BCUT2D eigenvalue weighted by atomic mass is 16.4. The lowest BCUT2D eigenvalue weighted by atomic mass is 10.1. The first kappa shape index (κ1) is 19.8. The lowest BCUT2D eigenvalue weighted by Crippen LogP contribution is -2.06. The normalized spacial score (nSPS) is 11.2. The van der Waals surface area contributed by atoms with Crippen molar-refractivity contribution in [2.45, 2.75) is 19.9 Å². The largest absolute Gasteiger partial charge is 0.478 e. The number of para-hydroxylation sites is 2. The number of hydrogen-bond donors (Lipinski definition) is 1. The zero-order valence-electron chi connectivity index (χ0n) is 17.5. The maximum absolute atomic E-state index is 11.3. The van der Waals surface area contributed by atoms with Crippen LogP contribution in [-0.4, -0.2) is 25.6 Å². The van der Waals surface area contributed by atoms with Crippen LogP contribution >= 0.6 is 0 Å². The van der Waals surface area contributed by atoms with E-state index in [0.29, 0.717) is 18.9 Å². The molecule has 0 bridgehead atoms. The van der Waals surface area contributed by atoms with E-state index >= 15 is 0 Å². The summed E-state index contributed by atoms with van der Waals surface area (Å²) in [5.41, 5.74) is 5.70. The van der Waals surface area contributed by atoms with E-state index in [0.717, 1.165) is 33.7 Å². The number of aryl methyl sites for hydroxylation is 2. The summed E-state index contributed by atoms with van der Waals surface area (Å²) >= 11 is 0. The molecule has 3 aromatic carbocycles. The summed E-state index contributed by atoms with van der Waals surface area (Å²) in [6.45, 7) is 2.65. The molecule has 0 aliphatic heterocycles. The number of fused-ring (bicyclic) bond motifs is 1. The quantitative estimate of drug-likeness (QED) is 0.384. The van der Waals surface area contributed by atoms with E-state index in [1.165, 1.54) is 5.56 Å². The van der Waals surface area contributed by atoms with Crippen LogP contribution < -0.4 is 0 Å². The Hall–Kier alpha value is -4.19. The first-order valence-electron chi connectivity index (χ1n) is 10.4. The number of imidazole rings is 1. The van der Waals surface area contributed by atoms with Gasteiger partial charge in [-0.05, 0) is 43.2 Å². The van der Waals surface area contributed by atoms with Gasteiger partial charge in [-0.25, -0.2) is 14.8 Å². The summed E-state index contributed by atoms with van der Waals surface area (Å²) in [6.07, 6.45) is 2.43. The third-order valence-electron chi connectivity index (χ3n) is 5.48. The van der Waals surface area contributed by atoms with Crippen LogP contribution in [0.1, 0.15) is 21.5 Å². The fourth-order valence-corrected chi connectivity index (χ4v) is 3.79. The van der Waals surface area contributed by atoms with Gasteiger partial charge in [-0.1, -0.05) is 54.1 Å². The van der Waals surface area contributed by atoms with Crippen molar-refractivity contribution in [3.05, 3.63) is 95.7 Å². The molecular weight excluding hydrogens is 402 g/mol. The van der Waals surface area contributed by atoms with E-state index < -0.39 is 5.97 Å². The van der Waals surface area contributed by atoms with Crippen molar-refractivity contribution in [3.8, 4) is 23.0 Å². The molecule has 5 aromatic rings. The minimum absolute atomic E-state index is 0.283. The van der Waals surface area contributed by atoms with Crippen molar-refractivity contribution in [2.75, 3.05) is 0 Å². The van der Waals surface area contributed by atoms with Crippen molar-refractivity contribution in [1.29, 1.82) is 0 Å². The van der Waals surface area contributed by atoms with Gasteiger partial charge < -0.3 is 14.1 Å². The number of benzene rings is 3. The van der Waals surface area contributed by atoms with Gasteiger partial charge in [-0.3, -0.25) is 0 Å². The molecule has 2 aromatic heterocycles. The summed E-state index contributed by atoms with van der Waals surface area (Å²) in [6, 6.07) is 22.9. The minimum Gasteiger partial charge on any atom is -0.478 e. The fourth-order valence-electron chi connectivity index (χ4n) is 3.79. The Balaban J connectivity index is 1.56. The highest BCUT2D eigenvalue weighted by molar-refractivity contribution is 5.87. The summed E-state index contributed by atoms with van der Waals surface area (Å²) in [5.74, 6) is 0.398. The molecule has 0 spiro atoms. The average Bonchev–Trinajstić information content (AvgIpc) is 3.42. The van der Waals surface area contributed by atoms with Gasteiger partial charge in [0.2, 0.25) is 5.89 Å². The van der Waals surface area contributed by atoms with Crippen molar-refractivity contribution in [1.82, 2.24) is 14.5 Å². The van der Waals surface area contributed by atoms with Gasteiger partial charge >= 0.3 is 5.97 Å². The maximum atomic E-state index is 11.3. The van der Waals surface area contributed by atoms with Gasteiger partial charge in [0.25, 0.3) is 0 Å². The van der Waals surface area contributed by atoms with Crippen LogP contribution in [0.3, 0.4) is 0 Å². The van der Waals surface area contributed by atoms with Crippen molar-refractivity contribution < 1.29 is 14.3 Å². The summed E-state index contributed by atoms with van der Waals surface area (Å²) < 4.78 is 8.10. The van der Waals surface area contributed by atoms with Gasteiger partial charge in [-0.15, -0.1) is 0 Å². The van der Waals surface area contributed by atoms with E-state index in [4.69, 9.17) is 4.42 Å². The zero-order valence-corrected chi connectivity index (χ0v) is 17.5. The number of aromatic nitrogens is 3. The molecule has 0 fully saturated rings. The second kappa shape index (κ2) is 8.15. The van der Waals surface area contributed by atoms with Gasteiger partial charge in [0.1, 0.15) is 17.0 Å². The lowest BCUT2D eigenvalue weighted by molar-refractivity contribution is 0.0696. The molecule has 0 atom stereocenters. The number of hydrogen-bond acceptors (Lipinski definition) is 4. The minimum atomic E-state index is -0.929. The first-order chi connectivity index (χ1) is 15.6. The maximum Gasteiger partial charge on any atom is 0.335 e. The molecule has 1 N–H and O–H groups in total. The highest BCUT2D eigenvalue weighted by Gasteiger charge is 2.18. The predicted molar refractivity (Wildman–Crippen MR) is 123 cm³/mol. The molecule has 0 radical (unpaired) electrons. The Kier molecular flexibility index (Phi) is 5.03. The molecule has 2 heterocycles. The number of nitrogens with zero attached hydrogens (tertiary/aromatic N) is 3. The van der Waals surface area contributed by atoms with Crippen LogP contribution in [0.4, 0.5) is 0 Å². The molecule has 6 nitrogen and oxygen atoms in total. The van der Waals surface area contributed by atoms with Crippen LogP contribution in [0.5, 0.6) is 0 Å². The van der Waals surface area contributed by atoms with Crippen molar-refractivity contribution in [2.24, 2.45) is 0 Å². The Morgan fingerprint density at radius 2 is 1.84 bits per heavy atom. The van der Waals surface area contributed by atoms with Gasteiger partial charge in [0.15, 0.2) is 5.58 Å². The van der Waals surface area contributed by atoms with Gasteiger partial charge in [0.05, 0.1) is 11.8 Å². The third kappa shape index (κ3) is 3.78. The highest BCUT2D eigenvalue weighted by Crippen LogP contribution is 2.29. The second-order valence-corrected chi connectivity index (χ2v) is 7.73. The number of oxazole rings is 1. The zero-order chi connectivity index (χ0) is 22.1. The molecule has 0 saturated carbocycles. The molecule has 0 unspecified atom stereocenters. The van der Waals surface area contributed by atoms with Crippen LogP contribution in [0.15, 0.2) is 83.4 Å². The molecule has 5 rings (SSSR count). The summed E-state index contributed by atoms with van der Waals surface area (Å²) in [5, 5.41) is 9.30. The topological polar surface area (TPSA) is 81.2 Å². The fraction of sp³-hybridized carbons (Fsp3) is 0.115. The molecule has 0 saturated heterocycles. The molecule has 0 aliphatic rings. The van der Waals surface area contributed by atoms with Gasteiger partial charge in [0, 0.05) is 12.1 Å². The monoisotopic (exact) mass is 423 g/mol. The third-order valence-corrected chi connectivity index (χ3v) is 5.48. The standard InChI is InChI=1S/C26H21N3O3/c1-17-9-11-19(12-10-17)24-27-16-22(25-28-21-7-2-3-8-23(21)32-25)29(24)14-13-18-5-4-6-20(15-18)26(30)31/h2-12,15-16H,13-14H2,1H3,(H,30,31). The predicted octanol–water partition coefficient (Wildman–Crippen LogP) is 5.61. The van der Waals surface area contributed by atoms with Crippen LogP contribution in [0.2, 0.25) is 0 Å². The van der Waals surface area contributed by atoms with E-state index in [1.807, 2.05) is 30.3 Å². The van der Waals surface area contributed by atoms with Gasteiger partial charge in [-0.2, -0.15) is 0 Å². The summed E-state index contributed by atoms with van der Waals surface area (Å²) in [7, 11) is 0. The Bertz CT molecular complexity index is 1380. The van der Waals surface area contributed by atoms with Crippen LogP contribution in [0.25, 0.3) is 34.1 Å². The Labute approximate surface area is 184 Å². The lowest BCUT2D eigenvalue weighted by Gasteiger charge is -2.11. The number of carboxylic acid groups (broad SMARTS) is 1.